The summed E-state index contributed by atoms with van der Waals surface area (Å²) in [6.45, 7) is 6.18. The number of carbonyl (C=O) groups excluding carboxylic acids is 1. The number of fused-ring (bicyclic) bond motifs is 1. The predicted molar refractivity (Wildman–Crippen MR) is 206 cm³/mol. The molecule has 6 rings (SSSR count). The molecular formula is C43H40Cl2FN3O2. The Labute approximate surface area is 308 Å². The Balaban J connectivity index is 0.000000236. The van der Waals surface area contributed by atoms with Crippen LogP contribution in [0.2, 0.25) is 10.0 Å². The summed E-state index contributed by atoms with van der Waals surface area (Å²) in [6, 6.07) is 40.6. The van der Waals surface area contributed by atoms with E-state index in [0.29, 0.717) is 27.6 Å². The number of carboxylic acids is 1. The van der Waals surface area contributed by atoms with Crippen LogP contribution in [-0.4, -0.2) is 24.0 Å². The number of H-pyrrole nitrogens is 1. The molecule has 0 spiro atoms. The van der Waals surface area contributed by atoms with Crippen molar-refractivity contribution in [2.75, 3.05) is 13.1 Å². The van der Waals surface area contributed by atoms with E-state index in [4.69, 9.17) is 23.2 Å². The SMILES string of the molecule is CC/C(=C(/c1ccc(/C=C/C(=O)[O-])cc1)c1[nH]c2ccccc2c1Cl)c1ccc(F)cc1Cl.c1ccc(CNCC[NH2+]Cc2ccccc2)cc1. The first-order valence-corrected chi connectivity index (χ1v) is 17.6. The summed E-state index contributed by atoms with van der Waals surface area (Å²) in [5.41, 5.74) is 8.37. The van der Waals surface area contributed by atoms with Gasteiger partial charge in [-0.1, -0.05) is 145 Å². The van der Waals surface area contributed by atoms with Crippen LogP contribution in [-0.2, 0) is 17.9 Å². The van der Waals surface area contributed by atoms with Crippen molar-refractivity contribution in [1.82, 2.24) is 10.3 Å². The van der Waals surface area contributed by atoms with Gasteiger partial charge in [-0.15, -0.1) is 0 Å². The van der Waals surface area contributed by atoms with E-state index in [1.807, 2.05) is 55.5 Å². The maximum Gasteiger partial charge on any atom is 0.124 e. The number of carboxylic acid groups (broad SMARTS) is 1. The fourth-order valence-corrected chi connectivity index (χ4v) is 6.41. The number of allylic oxidation sites excluding steroid dienone is 1. The minimum atomic E-state index is -1.26. The predicted octanol–water partition coefficient (Wildman–Crippen LogP) is 8.29. The number of rotatable bonds is 13. The number of quaternary nitrogens is 1. The minimum absolute atomic E-state index is 0.310. The Kier molecular flexibility index (Phi) is 13.8. The van der Waals surface area contributed by atoms with Gasteiger partial charge in [0.05, 0.1) is 28.3 Å². The quantitative estimate of drug-likeness (QED) is 0.0638. The molecule has 0 unspecified atom stereocenters. The highest BCUT2D eigenvalue weighted by atomic mass is 35.5. The molecular weight excluding hydrogens is 680 g/mol. The molecule has 260 valence electrons. The largest absolute Gasteiger partial charge is 0.545 e. The van der Waals surface area contributed by atoms with E-state index in [2.05, 4.69) is 76.3 Å². The van der Waals surface area contributed by atoms with E-state index in [-0.39, 0.29) is 0 Å². The second kappa shape index (κ2) is 18.9. The van der Waals surface area contributed by atoms with Crippen LogP contribution in [0.5, 0.6) is 0 Å². The summed E-state index contributed by atoms with van der Waals surface area (Å²) in [7, 11) is 0. The van der Waals surface area contributed by atoms with Crippen molar-refractivity contribution in [2.45, 2.75) is 26.4 Å². The third-order valence-corrected chi connectivity index (χ3v) is 9.04. The van der Waals surface area contributed by atoms with Crippen LogP contribution in [0.4, 0.5) is 4.39 Å². The van der Waals surface area contributed by atoms with Crippen LogP contribution in [0.25, 0.3) is 28.1 Å². The fourth-order valence-electron chi connectivity index (χ4n) is 5.83. The summed E-state index contributed by atoms with van der Waals surface area (Å²) in [5, 5.41) is 18.3. The molecule has 0 amide bonds. The molecule has 0 aliphatic carbocycles. The van der Waals surface area contributed by atoms with Gasteiger partial charge in [0.2, 0.25) is 0 Å². The van der Waals surface area contributed by atoms with Crippen molar-refractivity contribution in [1.29, 1.82) is 0 Å². The first-order chi connectivity index (χ1) is 24.8. The molecule has 0 radical (unpaired) electrons. The number of para-hydroxylation sites is 1. The molecule has 0 fully saturated rings. The van der Waals surface area contributed by atoms with E-state index in [1.165, 1.54) is 29.3 Å². The van der Waals surface area contributed by atoms with Crippen LogP contribution >= 0.6 is 23.2 Å². The molecule has 1 aromatic heterocycles. The van der Waals surface area contributed by atoms with E-state index in [0.717, 1.165) is 65.6 Å². The second-order valence-corrected chi connectivity index (χ2v) is 12.7. The van der Waals surface area contributed by atoms with Crippen LogP contribution < -0.4 is 15.7 Å². The maximum atomic E-state index is 13.8. The summed E-state index contributed by atoms with van der Waals surface area (Å²) in [4.78, 5) is 14.2. The zero-order valence-corrected chi connectivity index (χ0v) is 29.9. The first-order valence-electron chi connectivity index (χ1n) is 16.9. The van der Waals surface area contributed by atoms with Crippen LogP contribution in [0.15, 0.2) is 133 Å². The Morgan fingerprint density at radius 3 is 2.18 bits per heavy atom. The van der Waals surface area contributed by atoms with Gasteiger partial charge in [0.25, 0.3) is 0 Å². The lowest BCUT2D eigenvalue weighted by molar-refractivity contribution is -0.668. The third-order valence-electron chi connectivity index (χ3n) is 8.34. The molecule has 0 saturated heterocycles. The molecule has 5 aromatic carbocycles. The number of hydrogen-bond acceptors (Lipinski definition) is 3. The molecule has 0 aliphatic rings. The van der Waals surface area contributed by atoms with Gasteiger partial charge < -0.3 is 25.5 Å². The van der Waals surface area contributed by atoms with Gasteiger partial charge in [-0.25, -0.2) is 4.39 Å². The summed E-state index contributed by atoms with van der Waals surface area (Å²) < 4.78 is 13.8. The monoisotopic (exact) mass is 719 g/mol. The minimum Gasteiger partial charge on any atom is -0.545 e. The number of hydrogen-bond donors (Lipinski definition) is 3. The number of aromatic amines is 1. The molecule has 0 atom stereocenters. The van der Waals surface area contributed by atoms with Crippen molar-refractivity contribution in [2.24, 2.45) is 0 Å². The van der Waals surface area contributed by atoms with Gasteiger partial charge >= 0.3 is 0 Å². The summed E-state index contributed by atoms with van der Waals surface area (Å²) in [5.74, 6) is -1.67. The lowest BCUT2D eigenvalue weighted by atomic mass is 9.90. The van der Waals surface area contributed by atoms with Crippen LogP contribution in [0.3, 0.4) is 0 Å². The highest BCUT2D eigenvalue weighted by molar-refractivity contribution is 6.38. The van der Waals surface area contributed by atoms with Gasteiger partial charge in [0.15, 0.2) is 0 Å². The Morgan fingerprint density at radius 2 is 1.53 bits per heavy atom. The topological polar surface area (TPSA) is 84.6 Å². The van der Waals surface area contributed by atoms with Crippen LogP contribution in [0.1, 0.15) is 46.9 Å². The highest BCUT2D eigenvalue weighted by Crippen LogP contribution is 2.41. The van der Waals surface area contributed by atoms with E-state index >= 15 is 0 Å². The lowest BCUT2D eigenvalue weighted by Crippen LogP contribution is -2.84. The number of benzene rings is 5. The fraction of sp³-hybridized carbons (Fsp3) is 0.140. The molecule has 0 aliphatic heterocycles. The highest BCUT2D eigenvalue weighted by Gasteiger charge is 2.20. The van der Waals surface area contributed by atoms with E-state index < -0.39 is 11.8 Å². The standard InChI is InChI=1S/C27H20Cl2FNO2.C16H20N2/c1-2-19(20-13-12-18(30)15-22(20)28)25(17-10-7-16(8-11-17)9-14-24(32)33)27-26(29)21-5-3-4-6-23(21)31-27;1-3-7-15(8-4-1)13-17-11-12-18-14-16-9-5-2-6-10-16/h3-15,31H,2H2,1H3,(H,32,33);1-10,17-18H,11-14H2/b14-9+,25-19+;. The van der Waals surface area contributed by atoms with Gasteiger partial charge in [-0.05, 0) is 58.5 Å². The molecule has 0 saturated carbocycles. The third kappa shape index (κ3) is 10.5. The number of nitrogens with one attached hydrogen (secondary N) is 2. The van der Waals surface area contributed by atoms with Gasteiger partial charge in [0, 0.05) is 35.1 Å². The van der Waals surface area contributed by atoms with Crippen molar-refractivity contribution < 1.29 is 19.6 Å². The molecule has 0 bridgehead atoms. The molecule has 6 aromatic rings. The second-order valence-electron chi connectivity index (χ2n) is 11.9. The Bertz CT molecular complexity index is 2050. The molecule has 4 N–H and O–H groups in total. The zero-order valence-electron chi connectivity index (χ0n) is 28.3. The van der Waals surface area contributed by atoms with E-state index in [1.54, 1.807) is 6.07 Å². The van der Waals surface area contributed by atoms with Crippen molar-refractivity contribution in [3.8, 4) is 0 Å². The molecule has 8 heteroatoms. The van der Waals surface area contributed by atoms with Gasteiger partial charge in [-0.2, -0.15) is 0 Å². The smallest absolute Gasteiger partial charge is 0.124 e. The molecule has 51 heavy (non-hydrogen) atoms. The number of aliphatic carboxylic acids is 1. The normalized spacial score (nSPS) is 11.7. The number of aromatic nitrogens is 1. The average molecular weight is 721 g/mol. The number of carbonyl (C=O) groups is 1. The van der Waals surface area contributed by atoms with Crippen molar-refractivity contribution >= 4 is 57.3 Å². The Hall–Kier alpha value is -4.98. The maximum absolute atomic E-state index is 13.8. The van der Waals surface area contributed by atoms with Gasteiger partial charge in [-0.3, -0.25) is 0 Å². The first kappa shape index (κ1) is 37.3. The number of halogens is 3. The van der Waals surface area contributed by atoms with Crippen LogP contribution in [0, 0.1) is 5.82 Å². The Morgan fingerprint density at radius 1 is 0.863 bits per heavy atom. The zero-order chi connectivity index (χ0) is 36.0. The van der Waals surface area contributed by atoms with E-state index in [9.17, 15) is 14.3 Å². The summed E-state index contributed by atoms with van der Waals surface area (Å²) >= 11 is 13.3. The van der Waals surface area contributed by atoms with Gasteiger partial charge in [0.1, 0.15) is 12.4 Å². The number of nitrogens with two attached hydrogens (primary N) is 1. The molecule has 1 heterocycles. The van der Waals surface area contributed by atoms with Crippen molar-refractivity contribution in [3.05, 3.63) is 183 Å². The molecule has 5 nitrogen and oxygen atoms in total. The summed E-state index contributed by atoms with van der Waals surface area (Å²) in [6.07, 6.45) is 3.06. The lowest BCUT2D eigenvalue weighted by Gasteiger charge is -2.17. The average Bonchev–Trinajstić information content (AvgIpc) is 3.48. The van der Waals surface area contributed by atoms with Crippen molar-refractivity contribution in [3.63, 3.8) is 0 Å².